The largest absolute Gasteiger partial charge is 0.443 e. The Kier molecular flexibility index (Phi) is 9.09. The smallest absolute Gasteiger partial charge is 0.422 e. The molecule has 3 amide bonds. The number of hydrogen-bond donors (Lipinski definition) is 3. The molecule has 10 nitrogen and oxygen atoms in total. The summed E-state index contributed by atoms with van der Waals surface area (Å²) in [6.45, 7) is 11.8. The molecular formula is C27H41FN6O4. The first-order valence-corrected chi connectivity index (χ1v) is 13.7. The summed E-state index contributed by atoms with van der Waals surface area (Å²) >= 11 is 0. The van der Waals surface area contributed by atoms with Gasteiger partial charge >= 0.3 is 6.09 Å². The third-order valence-electron chi connectivity index (χ3n) is 7.38. The standard InChI is InChI=1S/C27H41FN6O4/c1-27(2,3)38-26(37)31-34-12-9-19(10-13-34)8-11-32-14-16-33(17-15-32)20-4-5-22(21(28)18-20)29-23-6-7-24(35)30-25(23)36/h4-5,18-19,23,29H,6-17H2,1-3H3,(H,31,37)(H,30,35,36). The maximum absolute atomic E-state index is 14.8. The summed E-state index contributed by atoms with van der Waals surface area (Å²) in [7, 11) is 0. The number of imide groups is 1. The number of benzene rings is 1. The highest BCUT2D eigenvalue weighted by Gasteiger charge is 2.28. The second-order valence-corrected chi connectivity index (χ2v) is 11.5. The van der Waals surface area contributed by atoms with Crippen molar-refractivity contribution in [1.29, 1.82) is 0 Å². The first kappa shape index (κ1) is 28.1. The van der Waals surface area contributed by atoms with Crippen LogP contribution in [-0.2, 0) is 14.3 Å². The van der Waals surface area contributed by atoms with E-state index in [0.29, 0.717) is 12.3 Å². The average Bonchev–Trinajstić information content (AvgIpc) is 2.85. The van der Waals surface area contributed by atoms with Crippen molar-refractivity contribution in [1.82, 2.24) is 20.7 Å². The second-order valence-electron chi connectivity index (χ2n) is 11.5. The van der Waals surface area contributed by atoms with Crippen LogP contribution >= 0.6 is 0 Å². The molecule has 0 radical (unpaired) electrons. The maximum atomic E-state index is 14.8. The van der Waals surface area contributed by atoms with Crippen LogP contribution in [0.5, 0.6) is 0 Å². The third kappa shape index (κ3) is 8.04. The van der Waals surface area contributed by atoms with Gasteiger partial charge in [-0.3, -0.25) is 25.2 Å². The zero-order valence-corrected chi connectivity index (χ0v) is 22.7. The quantitative estimate of drug-likeness (QED) is 0.461. The first-order valence-electron chi connectivity index (χ1n) is 13.7. The van der Waals surface area contributed by atoms with E-state index >= 15 is 0 Å². The average molecular weight is 533 g/mol. The van der Waals surface area contributed by atoms with Gasteiger partial charge in [0.2, 0.25) is 11.8 Å². The molecule has 210 valence electrons. The van der Waals surface area contributed by atoms with E-state index in [1.807, 2.05) is 31.8 Å². The van der Waals surface area contributed by atoms with Gasteiger partial charge in [-0.1, -0.05) is 0 Å². The van der Waals surface area contributed by atoms with Crippen molar-refractivity contribution in [2.45, 2.75) is 64.5 Å². The lowest BCUT2D eigenvalue weighted by molar-refractivity contribution is -0.133. The first-order chi connectivity index (χ1) is 18.1. The highest BCUT2D eigenvalue weighted by molar-refractivity contribution is 6.01. The zero-order chi connectivity index (χ0) is 27.3. The molecule has 38 heavy (non-hydrogen) atoms. The summed E-state index contributed by atoms with van der Waals surface area (Å²) in [4.78, 5) is 39.9. The highest BCUT2D eigenvalue weighted by atomic mass is 19.1. The van der Waals surface area contributed by atoms with Gasteiger partial charge in [0.1, 0.15) is 17.5 Å². The van der Waals surface area contributed by atoms with Crippen LogP contribution in [0.1, 0.15) is 52.9 Å². The molecule has 3 saturated heterocycles. The fraction of sp³-hybridized carbons (Fsp3) is 0.667. The van der Waals surface area contributed by atoms with Crippen molar-refractivity contribution in [2.75, 3.05) is 56.0 Å². The third-order valence-corrected chi connectivity index (χ3v) is 7.38. The van der Waals surface area contributed by atoms with E-state index in [1.54, 1.807) is 6.07 Å². The van der Waals surface area contributed by atoms with Crippen LogP contribution in [0.25, 0.3) is 0 Å². The lowest BCUT2D eigenvalue weighted by atomic mass is 9.94. The maximum Gasteiger partial charge on any atom is 0.422 e. The van der Waals surface area contributed by atoms with Crippen molar-refractivity contribution in [3.8, 4) is 0 Å². The number of hydrazine groups is 1. The Bertz CT molecular complexity index is 1000. The number of piperazine rings is 1. The number of amides is 3. The van der Waals surface area contributed by atoms with Gasteiger partial charge in [-0.2, -0.15) is 0 Å². The zero-order valence-electron chi connectivity index (χ0n) is 22.7. The minimum absolute atomic E-state index is 0.248. The van der Waals surface area contributed by atoms with Crippen molar-refractivity contribution < 1.29 is 23.5 Å². The molecule has 0 spiro atoms. The summed E-state index contributed by atoms with van der Waals surface area (Å²) in [5.41, 5.74) is 3.45. The molecule has 0 aromatic heterocycles. The van der Waals surface area contributed by atoms with Gasteiger partial charge in [0.15, 0.2) is 0 Å². The molecule has 3 aliphatic heterocycles. The van der Waals surface area contributed by atoms with Crippen LogP contribution in [0.4, 0.5) is 20.6 Å². The molecule has 0 saturated carbocycles. The summed E-state index contributed by atoms with van der Waals surface area (Å²) in [5, 5.41) is 7.17. The summed E-state index contributed by atoms with van der Waals surface area (Å²) in [6.07, 6.45) is 3.44. The monoisotopic (exact) mass is 532 g/mol. The van der Waals surface area contributed by atoms with E-state index in [2.05, 4.69) is 25.9 Å². The Hall–Kier alpha value is -2.92. The van der Waals surface area contributed by atoms with Gasteiger partial charge in [-0.05, 0) is 77.1 Å². The number of piperidine rings is 2. The van der Waals surface area contributed by atoms with Crippen LogP contribution in [0, 0.1) is 11.7 Å². The SMILES string of the molecule is CC(C)(C)OC(=O)NN1CCC(CCN2CCN(c3ccc(NC4CCC(=O)NC4=O)c(F)c3)CC2)CC1. The van der Waals surface area contributed by atoms with E-state index in [-0.39, 0.29) is 18.0 Å². The minimum Gasteiger partial charge on any atom is -0.443 e. The van der Waals surface area contributed by atoms with E-state index in [1.165, 1.54) is 6.07 Å². The summed E-state index contributed by atoms with van der Waals surface area (Å²) in [6, 6.07) is 4.46. The Balaban J connectivity index is 1.15. The number of rotatable bonds is 7. The molecule has 3 aliphatic rings. The Morgan fingerprint density at radius 1 is 1.08 bits per heavy atom. The number of nitrogens with zero attached hydrogens (tertiary/aromatic N) is 3. The molecule has 3 heterocycles. The van der Waals surface area contributed by atoms with Gasteiger partial charge in [-0.15, -0.1) is 0 Å². The van der Waals surface area contributed by atoms with Crippen molar-refractivity contribution in [3.05, 3.63) is 24.0 Å². The topological polar surface area (TPSA) is 106 Å². The molecule has 4 rings (SSSR count). The molecule has 1 aromatic carbocycles. The normalized spacial score (nSPS) is 22.2. The van der Waals surface area contributed by atoms with Gasteiger partial charge < -0.3 is 15.0 Å². The van der Waals surface area contributed by atoms with Crippen LogP contribution in [0.15, 0.2) is 18.2 Å². The Morgan fingerprint density at radius 3 is 2.42 bits per heavy atom. The fourth-order valence-corrected chi connectivity index (χ4v) is 5.20. The lowest BCUT2D eigenvalue weighted by Gasteiger charge is -2.37. The number of ether oxygens (including phenoxy) is 1. The fourth-order valence-electron chi connectivity index (χ4n) is 5.20. The molecule has 0 bridgehead atoms. The van der Waals surface area contributed by atoms with E-state index < -0.39 is 29.5 Å². The number of halogens is 1. The van der Waals surface area contributed by atoms with Gasteiger partial charge in [-0.25, -0.2) is 14.2 Å². The molecule has 1 unspecified atom stereocenters. The Morgan fingerprint density at radius 2 is 1.79 bits per heavy atom. The molecule has 1 atom stereocenters. The van der Waals surface area contributed by atoms with Crippen molar-refractivity contribution in [2.24, 2.45) is 5.92 Å². The van der Waals surface area contributed by atoms with Gasteiger partial charge in [0.25, 0.3) is 0 Å². The van der Waals surface area contributed by atoms with Crippen molar-refractivity contribution >= 4 is 29.3 Å². The lowest BCUT2D eigenvalue weighted by Crippen LogP contribution is -2.49. The predicted octanol–water partition coefficient (Wildman–Crippen LogP) is 2.71. The molecule has 3 N–H and O–H groups in total. The highest BCUT2D eigenvalue weighted by Crippen LogP contribution is 2.25. The second kappa shape index (κ2) is 12.3. The van der Waals surface area contributed by atoms with Crippen LogP contribution < -0.4 is 21.0 Å². The number of carbonyl (C=O) groups excluding carboxylic acids is 3. The van der Waals surface area contributed by atoms with E-state index in [4.69, 9.17) is 4.74 Å². The molecule has 11 heteroatoms. The van der Waals surface area contributed by atoms with E-state index in [9.17, 15) is 18.8 Å². The van der Waals surface area contributed by atoms with Gasteiger partial charge in [0, 0.05) is 51.4 Å². The molecule has 0 aliphatic carbocycles. The minimum atomic E-state index is -0.606. The molecule has 3 fully saturated rings. The van der Waals surface area contributed by atoms with Crippen LogP contribution in [0.2, 0.25) is 0 Å². The van der Waals surface area contributed by atoms with Crippen molar-refractivity contribution in [3.63, 3.8) is 0 Å². The predicted molar refractivity (Wildman–Crippen MR) is 143 cm³/mol. The Labute approximate surface area is 224 Å². The number of nitrogens with one attached hydrogen (secondary N) is 3. The van der Waals surface area contributed by atoms with Gasteiger partial charge in [0.05, 0.1) is 5.69 Å². The van der Waals surface area contributed by atoms with E-state index in [0.717, 1.165) is 70.8 Å². The number of carbonyl (C=O) groups is 3. The number of anilines is 2. The summed E-state index contributed by atoms with van der Waals surface area (Å²) < 4.78 is 20.1. The van der Waals surface area contributed by atoms with Crippen LogP contribution in [-0.4, -0.2) is 85.3 Å². The van der Waals surface area contributed by atoms with Crippen LogP contribution in [0.3, 0.4) is 0 Å². The molecular weight excluding hydrogens is 491 g/mol. The number of hydrogen-bond acceptors (Lipinski definition) is 8. The summed E-state index contributed by atoms with van der Waals surface area (Å²) in [5.74, 6) is -0.463. The molecule has 1 aromatic rings.